The molecule has 15 aromatic carbocycles. The van der Waals surface area contributed by atoms with Gasteiger partial charge in [-0.1, -0.05) is 206 Å². The molecule has 0 N–H and O–H groups in total. The average Bonchev–Trinajstić information content (AvgIpc) is 3.74. The standard InChI is InChI=1S/C80H55N3/c1-7-25-62(26-8-1)81(63-27-9-2-10-28-63)68-45-43-58(44-46-68)80-74-50-48-69(82(64-29-11-3-12-30-64)65-31-13-4-14-32-65)54-77(74)79(73-49-47-70(55-78(73)80)83(66-33-15-5-16-34-66)67-35-17-6-18-36-67)57-41-39-56(40-42-57)75-53-61-51-59-23-19-20-24-60(59)52-76(61)72-38-22-21-37-71(72)75/h1-55H. The van der Waals surface area contributed by atoms with Gasteiger partial charge >= 0.3 is 0 Å². The average molecular weight is 1060 g/mol. The number of hydrogen-bond acceptors (Lipinski definition) is 3. The highest BCUT2D eigenvalue weighted by Crippen LogP contribution is 2.50. The summed E-state index contributed by atoms with van der Waals surface area (Å²) in [6, 6.07) is 122. The summed E-state index contributed by atoms with van der Waals surface area (Å²) in [7, 11) is 0. The Labute approximate surface area is 484 Å². The van der Waals surface area contributed by atoms with Crippen molar-refractivity contribution in [3.05, 3.63) is 334 Å². The van der Waals surface area contributed by atoms with Crippen molar-refractivity contribution >= 4 is 105 Å². The lowest BCUT2D eigenvalue weighted by Gasteiger charge is -2.28. The van der Waals surface area contributed by atoms with Gasteiger partial charge < -0.3 is 14.7 Å². The van der Waals surface area contributed by atoms with Crippen molar-refractivity contribution < 1.29 is 0 Å². The van der Waals surface area contributed by atoms with Crippen LogP contribution >= 0.6 is 0 Å². The molecular weight excluding hydrogens is 1000 g/mol. The molecule has 0 radical (unpaired) electrons. The zero-order chi connectivity index (χ0) is 55.1. The molecule has 83 heavy (non-hydrogen) atoms. The molecule has 0 saturated carbocycles. The number of anilines is 9. The van der Waals surface area contributed by atoms with Gasteiger partial charge in [-0.25, -0.2) is 0 Å². The SMILES string of the molecule is c1ccc(N(c2ccccc2)c2ccc(-c3c4ccc(N(c5ccccc5)c5ccccc5)cc4c(-c4ccc(-c5cc6cc7ccccc7cc6c6ccccc56)cc4)c4ccc(N(c5ccccc5)c5ccccc5)cc34)cc2)cc1. The van der Waals surface area contributed by atoms with Gasteiger partial charge in [0.1, 0.15) is 0 Å². The van der Waals surface area contributed by atoms with E-state index in [0.717, 1.165) is 83.9 Å². The smallest absolute Gasteiger partial charge is 0.0468 e. The fraction of sp³-hybridized carbons (Fsp3) is 0. The van der Waals surface area contributed by atoms with E-state index in [1.165, 1.54) is 54.6 Å². The van der Waals surface area contributed by atoms with Gasteiger partial charge in [0.15, 0.2) is 0 Å². The lowest BCUT2D eigenvalue weighted by atomic mass is 9.84. The minimum atomic E-state index is 1.07. The molecule has 0 bridgehead atoms. The predicted molar refractivity (Wildman–Crippen MR) is 354 cm³/mol. The van der Waals surface area contributed by atoms with Crippen LogP contribution < -0.4 is 14.7 Å². The van der Waals surface area contributed by atoms with E-state index in [2.05, 4.69) is 348 Å². The van der Waals surface area contributed by atoms with Crippen LogP contribution in [0.25, 0.3) is 87.2 Å². The van der Waals surface area contributed by atoms with Crippen molar-refractivity contribution in [2.45, 2.75) is 0 Å². The predicted octanol–water partition coefficient (Wildman–Crippen LogP) is 22.9. The molecular formula is C80H55N3. The van der Waals surface area contributed by atoms with Crippen LogP contribution in [0.3, 0.4) is 0 Å². The molecule has 3 heteroatoms. The van der Waals surface area contributed by atoms with Crippen molar-refractivity contribution in [2.75, 3.05) is 14.7 Å². The van der Waals surface area contributed by atoms with E-state index in [-0.39, 0.29) is 0 Å². The second-order valence-corrected chi connectivity index (χ2v) is 21.2. The number of hydrogen-bond donors (Lipinski definition) is 0. The molecule has 0 saturated heterocycles. The molecule has 0 unspecified atom stereocenters. The summed E-state index contributed by atoms with van der Waals surface area (Å²) in [4.78, 5) is 7.08. The normalized spacial score (nSPS) is 11.4. The summed E-state index contributed by atoms with van der Waals surface area (Å²) in [5, 5.41) is 12.1. The van der Waals surface area contributed by atoms with Gasteiger partial charge in [0.05, 0.1) is 0 Å². The van der Waals surface area contributed by atoms with Gasteiger partial charge in [-0.05, 0) is 215 Å². The summed E-state index contributed by atoms with van der Waals surface area (Å²) < 4.78 is 0. The Hall–Kier alpha value is -11.0. The highest BCUT2D eigenvalue weighted by molar-refractivity contribution is 6.23. The second-order valence-electron chi connectivity index (χ2n) is 21.2. The van der Waals surface area contributed by atoms with Gasteiger partial charge in [0.25, 0.3) is 0 Å². The zero-order valence-electron chi connectivity index (χ0n) is 45.6. The number of rotatable bonds is 12. The number of benzene rings is 15. The van der Waals surface area contributed by atoms with Crippen molar-refractivity contribution in [1.82, 2.24) is 0 Å². The molecule has 390 valence electrons. The first-order valence-corrected chi connectivity index (χ1v) is 28.5. The highest BCUT2D eigenvalue weighted by atomic mass is 15.2. The maximum atomic E-state index is 2.43. The van der Waals surface area contributed by atoms with Crippen LogP contribution in [0.4, 0.5) is 51.2 Å². The minimum absolute atomic E-state index is 1.07. The lowest BCUT2D eigenvalue weighted by molar-refractivity contribution is 1.28. The molecule has 15 aromatic rings. The van der Waals surface area contributed by atoms with Gasteiger partial charge in [-0.3, -0.25) is 0 Å². The molecule has 0 aliphatic rings. The topological polar surface area (TPSA) is 9.72 Å². The first kappa shape index (κ1) is 49.1. The van der Waals surface area contributed by atoms with Crippen LogP contribution in [0.2, 0.25) is 0 Å². The van der Waals surface area contributed by atoms with Crippen LogP contribution in [-0.4, -0.2) is 0 Å². The van der Waals surface area contributed by atoms with Crippen molar-refractivity contribution in [3.8, 4) is 33.4 Å². The monoisotopic (exact) mass is 1060 g/mol. The van der Waals surface area contributed by atoms with E-state index in [1.807, 2.05) is 0 Å². The molecule has 0 aliphatic carbocycles. The zero-order valence-corrected chi connectivity index (χ0v) is 45.6. The van der Waals surface area contributed by atoms with E-state index in [9.17, 15) is 0 Å². The molecule has 0 fully saturated rings. The molecule has 15 rings (SSSR count). The summed E-state index contributed by atoms with van der Waals surface area (Å²) in [6.07, 6.45) is 0. The van der Waals surface area contributed by atoms with E-state index in [1.54, 1.807) is 0 Å². The Bertz CT molecular complexity index is 4680. The molecule has 0 spiro atoms. The van der Waals surface area contributed by atoms with E-state index >= 15 is 0 Å². The summed E-state index contributed by atoms with van der Waals surface area (Å²) in [5.41, 5.74) is 16.8. The van der Waals surface area contributed by atoms with Gasteiger partial charge in [-0.2, -0.15) is 0 Å². The summed E-state index contributed by atoms with van der Waals surface area (Å²) >= 11 is 0. The third kappa shape index (κ3) is 9.07. The van der Waals surface area contributed by atoms with Gasteiger partial charge in [-0.15, -0.1) is 0 Å². The number of nitrogens with zero attached hydrogens (tertiary/aromatic N) is 3. The van der Waals surface area contributed by atoms with Crippen LogP contribution in [0.15, 0.2) is 334 Å². The summed E-state index contributed by atoms with van der Waals surface area (Å²) in [6.45, 7) is 0. The highest BCUT2D eigenvalue weighted by Gasteiger charge is 2.23. The Balaban J connectivity index is 0.992. The molecule has 0 aromatic heterocycles. The molecule has 3 nitrogen and oxygen atoms in total. The quantitative estimate of drug-likeness (QED) is 0.0892. The van der Waals surface area contributed by atoms with Crippen LogP contribution in [0.5, 0.6) is 0 Å². The Morgan fingerprint density at radius 3 is 0.892 bits per heavy atom. The molecule has 0 atom stereocenters. The minimum Gasteiger partial charge on any atom is -0.311 e. The lowest BCUT2D eigenvalue weighted by Crippen LogP contribution is -2.10. The van der Waals surface area contributed by atoms with Crippen LogP contribution in [0.1, 0.15) is 0 Å². The maximum Gasteiger partial charge on any atom is 0.0468 e. The Morgan fingerprint density at radius 1 is 0.157 bits per heavy atom. The van der Waals surface area contributed by atoms with Gasteiger partial charge in [0.2, 0.25) is 0 Å². The largest absolute Gasteiger partial charge is 0.311 e. The van der Waals surface area contributed by atoms with Crippen molar-refractivity contribution in [1.29, 1.82) is 0 Å². The van der Waals surface area contributed by atoms with Gasteiger partial charge in [0, 0.05) is 51.2 Å². The van der Waals surface area contributed by atoms with E-state index in [4.69, 9.17) is 0 Å². The van der Waals surface area contributed by atoms with Crippen LogP contribution in [0, 0.1) is 0 Å². The fourth-order valence-corrected chi connectivity index (χ4v) is 12.5. The molecule has 0 heterocycles. The van der Waals surface area contributed by atoms with Crippen molar-refractivity contribution in [3.63, 3.8) is 0 Å². The van der Waals surface area contributed by atoms with E-state index < -0.39 is 0 Å². The first-order valence-electron chi connectivity index (χ1n) is 28.5. The third-order valence-corrected chi connectivity index (χ3v) is 16.3. The Kier molecular flexibility index (Phi) is 12.6. The summed E-state index contributed by atoms with van der Waals surface area (Å²) in [5.74, 6) is 0. The fourth-order valence-electron chi connectivity index (χ4n) is 12.5. The van der Waals surface area contributed by atoms with Crippen molar-refractivity contribution in [2.24, 2.45) is 0 Å². The van der Waals surface area contributed by atoms with Crippen LogP contribution in [-0.2, 0) is 0 Å². The number of fused-ring (bicyclic) bond motifs is 6. The first-order chi connectivity index (χ1) is 41.2. The Morgan fingerprint density at radius 2 is 0.470 bits per heavy atom. The maximum absolute atomic E-state index is 2.43. The molecule has 0 aliphatic heterocycles. The van der Waals surface area contributed by atoms with E-state index in [0.29, 0.717) is 0 Å². The second kappa shape index (κ2) is 21.2. The number of para-hydroxylation sites is 6. The third-order valence-electron chi connectivity index (χ3n) is 16.3. The molecule has 0 amide bonds.